The predicted molar refractivity (Wildman–Crippen MR) is 35.9 cm³/mol. The van der Waals surface area contributed by atoms with E-state index in [1.807, 2.05) is 0 Å². The molecule has 0 amide bonds. The Hall–Kier alpha value is -0.370. The van der Waals surface area contributed by atoms with Crippen LogP contribution < -0.4 is 0 Å². The molecule has 0 atom stereocenters. The molecule has 0 aromatic heterocycles. The molecule has 0 unspecified atom stereocenters. The van der Waals surface area contributed by atoms with Crippen LogP contribution in [0.25, 0.3) is 0 Å². The molecule has 1 rings (SSSR count). The molecule has 1 aliphatic rings. The zero-order valence-corrected chi connectivity index (χ0v) is 5.23. The van der Waals surface area contributed by atoms with Crippen molar-refractivity contribution in [1.29, 1.82) is 0 Å². The van der Waals surface area contributed by atoms with E-state index in [2.05, 4.69) is 9.98 Å². The van der Waals surface area contributed by atoms with Crippen LogP contribution in [0.3, 0.4) is 0 Å². The predicted octanol–water partition coefficient (Wildman–Crippen LogP) is 1.45. The lowest BCUT2D eigenvalue weighted by atomic mass is 10.3. The van der Waals surface area contributed by atoms with Crippen LogP contribution in [0.4, 0.5) is 0 Å². The van der Waals surface area contributed by atoms with Crippen LogP contribution in [0.2, 0.25) is 0 Å². The van der Waals surface area contributed by atoms with E-state index in [1.165, 1.54) is 0 Å². The first-order chi connectivity index (χ1) is 3.89. The van der Waals surface area contributed by atoms with Gasteiger partial charge in [0, 0.05) is 12.8 Å². The highest BCUT2D eigenvalue weighted by molar-refractivity contribution is 6.65. The first-order valence-corrected chi connectivity index (χ1v) is 3.00. The quantitative estimate of drug-likeness (QED) is 0.444. The lowest BCUT2D eigenvalue weighted by Gasteiger charge is -1.82. The van der Waals surface area contributed by atoms with Crippen molar-refractivity contribution in [3.8, 4) is 0 Å². The summed E-state index contributed by atoms with van der Waals surface area (Å²) in [5.41, 5.74) is 0. The number of nitrogens with zero attached hydrogens (tertiary/aromatic N) is 2. The van der Waals surface area contributed by atoms with Crippen molar-refractivity contribution in [2.45, 2.75) is 12.8 Å². The Morgan fingerprint density at radius 2 is 2.50 bits per heavy atom. The van der Waals surface area contributed by atoms with Gasteiger partial charge in [0.05, 0.1) is 0 Å². The normalized spacial score (nSPS) is 19.9. The average Bonchev–Trinajstić information content (AvgIpc) is 1.94. The molecule has 0 saturated heterocycles. The average molecular weight is 131 g/mol. The molecule has 2 nitrogen and oxygen atoms in total. The summed E-state index contributed by atoms with van der Waals surface area (Å²) in [6.07, 6.45) is 3.87. The van der Waals surface area contributed by atoms with Gasteiger partial charge in [-0.05, 0) is 24.4 Å². The third-order valence-corrected chi connectivity index (χ3v) is 1.15. The van der Waals surface area contributed by atoms with Gasteiger partial charge in [-0.15, -0.1) is 0 Å². The lowest BCUT2D eigenvalue weighted by Crippen LogP contribution is -1.79. The Labute approximate surface area is 53.3 Å². The molecule has 44 valence electrons. The Bertz CT molecular complexity index is 128. The number of halogens is 1. The zero-order chi connectivity index (χ0) is 5.82. The second-order valence-electron chi connectivity index (χ2n) is 1.60. The van der Waals surface area contributed by atoms with Gasteiger partial charge in [-0.2, -0.15) is 0 Å². The molecule has 0 N–H and O–H groups in total. The SMILES string of the molecule is ClC1=NCCCC=N1. The smallest absolute Gasteiger partial charge is 0.217 e. The highest BCUT2D eigenvalue weighted by Gasteiger charge is 1.91. The van der Waals surface area contributed by atoms with E-state index in [0.29, 0.717) is 5.29 Å². The molecule has 8 heavy (non-hydrogen) atoms. The molecule has 0 bridgehead atoms. The molecular weight excluding hydrogens is 124 g/mol. The molecule has 0 saturated carbocycles. The lowest BCUT2D eigenvalue weighted by molar-refractivity contribution is 0.897. The Morgan fingerprint density at radius 1 is 1.62 bits per heavy atom. The van der Waals surface area contributed by atoms with E-state index in [4.69, 9.17) is 11.6 Å². The summed E-state index contributed by atoms with van der Waals surface area (Å²) in [7, 11) is 0. The summed E-state index contributed by atoms with van der Waals surface area (Å²) in [6.45, 7) is 0.818. The monoisotopic (exact) mass is 130 g/mol. The second kappa shape index (κ2) is 2.82. The first-order valence-electron chi connectivity index (χ1n) is 2.62. The maximum Gasteiger partial charge on any atom is 0.217 e. The van der Waals surface area contributed by atoms with Gasteiger partial charge in [0.1, 0.15) is 0 Å². The van der Waals surface area contributed by atoms with E-state index in [1.54, 1.807) is 6.21 Å². The summed E-state index contributed by atoms with van der Waals surface area (Å²) in [4.78, 5) is 7.72. The zero-order valence-electron chi connectivity index (χ0n) is 4.47. The highest BCUT2D eigenvalue weighted by atomic mass is 35.5. The van der Waals surface area contributed by atoms with Crippen molar-refractivity contribution in [3.63, 3.8) is 0 Å². The Morgan fingerprint density at radius 3 is 3.38 bits per heavy atom. The van der Waals surface area contributed by atoms with Gasteiger partial charge in [-0.1, -0.05) is 0 Å². The summed E-state index contributed by atoms with van der Waals surface area (Å²) in [5.74, 6) is 0. The van der Waals surface area contributed by atoms with Crippen LogP contribution in [0.15, 0.2) is 9.98 Å². The number of hydrogen-bond donors (Lipinski definition) is 0. The van der Waals surface area contributed by atoms with Crippen LogP contribution in [0.1, 0.15) is 12.8 Å². The fourth-order valence-electron chi connectivity index (χ4n) is 0.535. The van der Waals surface area contributed by atoms with Gasteiger partial charge >= 0.3 is 0 Å². The minimum Gasteiger partial charge on any atom is -0.256 e. The van der Waals surface area contributed by atoms with Gasteiger partial charge in [0.15, 0.2) is 0 Å². The standard InChI is InChI=1S/C5H7ClN2/c6-5-7-3-1-2-4-8-5/h3H,1-2,4H2. The van der Waals surface area contributed by atoms with Crippen molar-refractivity contribution in [2.24, 2.45) is 9.98 Å². The maximum atomic E-state index is 5.47. The topological polar surface area (TPSA) is 24.7 Å². The van der Waals surface area contributed by atoms with Crippen molar-refractivity contribution in [3.05, 3.63) is 0 Å². The third kappa shape index (κ3) is 1.62. The summed E-state index contributed by atoms with van der Waals surface area (Å²) in [5, 5.41) is 0.391. The number of aliphatic imine (C=N–C) groups is 2. The molecule has 0 aromatic rings. The Balaban J connectivity index is 2.55. The van der Waals surface area contributed by atoms with Crippen LogP contribution in [-0.4, -0.2) is 18.1 Å². The molecule has 0 aromatic carbocycles. The van der Waals surface area contributed by atoms with Gasteiger partial charge in [0.25, 0.3) is 0 Å². The molecule has 0 spiro atoms. The molecule has 0 aliphatic carbocycles. The van der Waals surface area contributed by atoms with E-state index in [-0.39, 0.29) is 0 Å². The summed E-state index contributed by atoms with van der Waals surface area (Å²) < 4.78 is 0. The van der Waals surface area contributed by atoms with Crippen molar-refractivity contribution in [1.82, 2.24) is 0 Å². The number of amidine groups is 1. The molecule has 0 fully saturated rings. The maximum absolute atomic E-state index is 5.47. The van der Waals surface area contributed by atoms with E-state index >= 15 is 0 Å². The summed E-state index contributed by atoms with van der Waals surface area (Å²) in [6, 6.07) is 0. The molecular formula is C5H7ClN2. The Kier molecular flexibility index (Phi) is 2.03. The minimum absolute atomic E-state index is 0.391. The second-order valence-corrected chi connectivity index (χ2v) is 1.94. The van der Waals surface area contributed by atoms with Crippen LogP contribution in [-0.2, 0) is 0 Å². The van der Waals surface area contributed by atoms with E-state index in [9.17, 15) is 0 Å². The summed E-state index contributed by atoms with van der Waals surface area (Å²) >= 11 is 5.47. The van der Waals surface area contributed by atoms with Crippen LogP contribution >= 0.6 is 11.6 Å². The third-order valence-electron chi connectivity index (χ3n) is 0.931. The highest BCUT2D eigenvalue weighted by Crippen LogP contribution is 1.96. The van der Waals surface area contributed by atoms with Crippen LogP contribution in [0, 0.1) is 0 Å². The van der Waals surface area contributed by atoms with Gasteiger partial charge in [0.2, 0.25) is 5.29 Å². The van der Waals surface area contributed by atoms with E-state index in [0.717, 1.165) is 19.4 Å². The van der Waals surface area contributed by atoms with Gasteiger partial charge < -0.3 is 0 Å². The fraction of sp³-hybridized carbons (Fsp3) is 0.600. The largest absolute Gasteiger partial charge is 0.256 e. The van der Waals surface area contributed by atoms with Crippen molar-refractivity contribution in [2.75, 3.05) is 6.54 Å². The molecule has 1 aliphatic heterocycles. The minimum atomic E-state index is 0.391. The number of hydrogen-bond acceptors (Lipinski definition) is 2. The molecule has 1 heterocycles. The fourth-order valence-corrected chi connectivity index (χ4v) is 0.688. The van der Waals surface area contributed by atoms with Gasteiger partial charge in [-0.25, -0.2) is 4.99 Å². The first kappa shape index (κ1) is 5.76. The number of rotatable bonds is 0. The van der Waals surface area contributed by atoms with Crippen molar-refractivity contribution < 1.29 is 0 Å². The van der Waals surface area contributed by atoms with E-state index < -0.39 is 0 Å². The molecule has 3 heteroatoms. The van der Waals surface area contributed by atoms with Gasteiger partial charge in [-0.3, -0.25) is 4.99 Å². The molecule has 0 radical (unpaired) electrons. The van der Waals surface area contributed by atoms with Crippen molar-refractivity contribution >= 4 is 23.1 Å². The van der Waals surface area contributed by atoms with Crippen LogP contribution in [0.5, 0.6) is 0 Å².